The highest BCUT2D eigenvalue weighted by Gasteiger charge is 2.09. The number of carbonyl (C=O) groups is 1. The zero-order valence-electron chi connectivity index (χ0n) is 9.11. The first kappa shape index (κ1) is 12.3. The lowest BCUT2D eigenvalue weighted by molar-refractivity contribution is -0.138. The van der Waals surface area contributed by atoms with E-state index in [1.807, 2.05) is 17.7 Å². The predicted molar refractivity (Wildman–Crippen MR) is 63.0 cm³/mol. The molecule has 0 unspecified atom stereocenters. The number of carbonyl (C=O) groups excluding carboxylic acids is 1. The molecule has 0 saturated heterocycles. The van der Waals surface area contributed by atoms with Crippen LogP contribution in [0, 0.1) is 18.3 Å². The van der Waals surface area contributed by atoms with E-state index in [2.05, 4.69) is 5.32 Å². The Hall–Kier alpha value is -1.80. The number of hydrogen-bond donors (Lipinski definition) is 1. The summed E-state index contributed by atoms with van der Waals surface area (Å²) in [6.07, 6.45) is 1.37. The summed E-state index contributed by atoms with van der Waals surface area (Å²) in [6, 6.07) is 1.80. The van der Waals surface area contributed by atoms with E-state index in [1.54, 1.807) is 24.3 Å². The predicted octanol–water partition coefficient (Wildman–Crippen LogP) is 2.44. The number of rotatable bonds is 4. The van der Waals surface area contributed by atoms with Crippen molar-refractivity contribution < 1.29 is 9.53 Å². The molecule has 0 aliphatic carbocycles. The molecular formula is C11H12N2O2S. The van der Waals surface area contributed by atoms with Crippen molar-refractivity contribution in [2.75, 3.05) is 11.9 Å². The van der Waals surface area contributed by atoms with Gasteiger partial charge in [0, 0.05) is 11.6 Å². The SMILES string of the molecule is CCOC(=O)/C(C#N)=C\Nc1cscc1C. The maximum atomic E-state index is 11.3. The van der Waals surface area contributed by atoms with Crippen molar-refractivity contribution in [2.24, 2.45) is 0 Å². The van der Waals surface area contributed by atoms with Crippen LogP contribution in [0.1, 0.15) is 12.5 Å². The van der Waals surface area contributed by atoms with Crippen LogP contribution in [-0.2, 0) is 9.53 Å². The van der Waals surface area contributed by atoms with Crippen LogP contribution in [0.2, 0.25) is 0 Å². The maximum Gasteiger partial charge on any atom is 0.350 e. The third kappa shape index (κ3) is 3.11. The molecule has 0 amide bonds. The minimum atomic E-state index is -0.606. The second kappa shape index (κ2) is 5.93. The zero-order valence-corrected chi connectivity index (χ0v) is 9.93. The lowest BCUT2D eigenvalue weighted by Gasteiger charge is -2.01. The molecule has 5 heteroatoms. The molecular weight excluding hydrogens is 224 g/mol. The van der Waals surface area contributed by atoms with E-state index in [0.29, 0.717) is 0 Å². The molecule has 0 fully saturated rings. The fraction of sp³-hybridized carbons (Fsp3) is 0.273. The molecule has 4 nitrogen and oxygen atoms in total. The number of nitrogens with zero attached hydrogens (tertiary/aromatic N) is 1. The number of thiophene rings is 1. The second-order valence-corrected chi connectivity index (χ2v) is 3.75. The minimum absolute atomic E-state index is 0.0348. The van der Waals surface area contributed by atoms with Gasteiger partial charge in [0.05, 0.1) is 12.3 Å². The number of hydrogen-bond acceptors (Lipinski definition) is 5. The van der Waals surface area contributed by atoms with Gasteiger partial charge in [-0.1, -0.05) is 0 Å². The molecule has 1 aromatic heterocycles. The van der Waals surface area contributed by atoms with Crippen LogP contribution in [0.3, 0.4) is 0 Å². The van der Waals surface area contributed by atoms with Crippen LogP contribution in [0.4, 0.5) is 5.69 Å². The van der Waals surface area contributed by atoms with E-state index in [1.165, 1.54) is 6.20 Å². The Bertz CT molecular complexity index is 443. The molecule has 16 heavy (non-hydrogen) atoms. The molecule has 84 valence electrons. The Morgan fingerprint density at radius 1 is 1.69 bits per heavy atom. The number of esters is 1. The van der Waals surface area contributed by atoms with Crippen molar-refractivity contribution >= 4 is 23.0 Å². The Morgan fingerprint density at radius 3 is 2.94 bits per heavy atom. The Morgan fingerprint density at radius 2 is 2.44 bits per heavy atom. The van der Waals surface area contributed by atoms with Gasteiger partial charge in [0.1, 0.15) is 6.07 Å². The van der Waals surface area contributed by atoms with Crippen molar-refractivity contribution in [2.45, 2.75) is 13.8 Å². The van der Waals surface area contributed by atoms with Crippen LogP contribution in [-0.4, -0.2) is 12.6 Å². The smallest absolute Gasteiger partial charge is 0.350 e. The van der Waals surface area contributed by atoms with E-state index in [9.17, 15) is 4.79 Å². The molecule has 1 aromatic rings. The maximum absolute atomic E-state index is 11.3. The average molecular weight is 236 g/mol. The van der Waals surface area contributed by atoms with Gasteiger partial charge in [-0.3, -0.25) is 0 Å². The summed E-state index contributed by atoms with van der Waals surface area (Å²) in [5.74, 6) is -0.606. The summed E-state index contributed by atoms with van der Waals surface area (Å²) in [5, 5.41) is 15.6. The van der Waals surface area contributed by atoms with Gasteiger partial charge < -0.3 is 10.1 Å². The van der Waals surface area contributed by atoms with Crippen LogP contribution in [0.5, 0.6) is 0 Å². The fourth-order valence-electron chi connectivity index (χ4n) is 1.00. The third-order valence-electron chi connectivity index (χ3n) is 1.84. The topological polar surface area (TPSA) is 62.1 Å². The van der Waals surface area contributed by atoms with Gasteiger partial charge in [0.2, 0.25) is 0 Å². The Balaban J connectivity index is 2.72. The molecule has 0 saturated carbocycles. The summed E-state index contributed by atoms with van der Waals surface area (Å²) in [6.45, 7) is 3.90. The van der Waals surface area contributed by atoms with Crippen molar-refractivity contribution in [1.82, 2.24) is 0 Å². The molecule has 0 bridgehead atoms. The molecule has 0 radical (unpaired) electrons. The summed E-state index contributed by atoms with van der Waals surface area (Å²) >= 11 is 1.55. The highest BCUT2D eigenvalue weighted by atomic mass is 32.1. The highest BCUT2D eigenvalue weighted by Crippen LogP contribution is 2.19. The van der Waals surface area contributed by atoms with Gasteiger partial charge in [-0.25, -0.2) is 4.79 Å². The fourth-order valence-corrected chi connectivity index (χ4v) is 1.79. The van der Waals surface area contributed by atoms with Crippen LogP contribution in [0.25, 0.3) is 0 Å². The highest BCUT2D eigenvalue weighted by molar-refractivity contribution is 7.08. The standard InChI is InChI=1S/C11H12N2O2S/c1-3-15-11(14)9(4-12)5-13-10-7-16-6-8(10)2/h5-7,13H,3H2,1-2H3/b9-5-. The number of ether oxygens (including phenoxy) is 1. The molecule has 0 aromatic carbocycles. The number of nitrogens with one attached hydrogen (secondary N) is 1. The number of anilines is 1. The summed E-state index contributed by atoms with van der Waals surface area (Å²) in [5.41, 5.74) is 1.93. The molecule has 0 aliphatic heterocycles. The molecule has 1 rings (SSSR count). The minimum Gasteiger partial charge on any atom is -0.462 e. The van der Waals surface area contributed by atoms with Crippen molar-refractivity contribution in [3.05, 3.63) is 28.1 Å². The first-order valence-electron chi connectivity index (χ1n) is 4.75. The van der Waals surface area contributed by atoms with Crippen molar-refractivity contribution in [3.8, 4) is 6.07 Å². The molecule has 0 atom stereocenters. The van der Waals surface area contributed by atoms with Crippen LogP contribution < -0.4 is 5.32 Å². The van der Waals surface area contributed by atoms with E-state index >= 15 is 0 Å². The normalized spacial score (nSPS) is 10.7. The Kier molecular flexibility index (Phi) is 4.55. The monoisotopic (exact) mass is 236 g/mol. The second-order valence-electron chi connectivity index (χ2n) is 3.00. The van der Waals surface area contributed by atoms with Gasteiger partial charge in [0.25, 0.3) is 0 Å². The van der Waals surface area contributed by atoms with Gasteiger partial charge >= 0.3 is 5.97 Å². The van der Waals surface area contributed by atoms with Gasteiger partial charge in [-0.15, -0.1) is 11.3 Å². The van der Waals surface area contributed by atoms with Crippen molar-refractivity contribution in [3.63, 3.8) is 0 Å². The van der Waals surface area contributed by atoms with Crippen LogP contribution >= 0.6 is 11.3 Å². The quantitative estimate of drug-likeness (QED) is 0.495. The van der Waals surface area contributed by atoms with E-state index in [4.69, 9.17) is 10.00 Å². The number of aryl methyl sites for hydroxylation is 1. The summed E-state index contributed by atoms with van der Waals surface area (Å²) < 4.78 is 4.73. The Labute approximate surface area is 98.2 Å². The summed E-state index contributed by atoms with van der Waals surface area (Å²) in [4.78, 5) is 11.3. The van der Waals surface area contributed by atoms with E-state index < -0.39 is 5.97 Å². The lowest BCUT2D eigenvalue weighted by Crippen LogP contribution is -2.07. The molecule has 1 heterocycles. The number of nitriles is 1. The van der Waals surface area contributed by atoms with Crippen molar-refractivity contribution in [1.29, 1.82) is 5.26 Å². The lowest BCUT2D eigenvalue weighted by atomic mass is 10.3. The largest absolute Gasteiger partial charge is 0.462 e. The molecule has 0 spiro atoms. The van der Waals surface area contributed by atoms with E-state index in [-0.39, 0.29) is 12.2 Å². The third-order valence-corrected chi connectivity index (χ3v) is 2.70. The van der Waals surface area contributed by atoms with Gasteiger partial charge in [-0.05, 0) is 24.8 Å². The van der Waals surface area contributed by atoms with Gasteiger partial charge in [-0.2, -0.15) is 5.26 Å². The van der Waals surface area contributed by atoms with E-state index in [0.717, 1.165) is 11.3 Å². The first-order valence-corrected chi connectivity index (χ1v) is 5.70. The first-order chi connectivity index (χ1) is 7.69. The zero-order chi connectivity index (χ0) is 12.0. The van der Waals surface area contributed by atoms with Gasteiger partial charge in [0.15, 0.2) is 5.57 Å². The average Bonchev–Trinajstić information content (AvgIpc) is 2.66. The molecule has 1 N–H and O–H groups in total. The van der Waals surface area contributed by atoms with Crippen LogP contribution in [0.15, 0.2) is 22.5 Å². The molecule has 0 aliphatic rings. The summed E-state index contributed by atoms with van der Waals surface area (Å²) in [7, 11) is 0.